The second-order valence-corrected chi connectivity index (χ2v) is 5.80. The lowest BCUT2D eigenvalue weighted by Gasteiger charge is -2.10. The molecule has 0 heterocycles. The van der Waals surface area contributed by atoms with Crippen molar-refractivity contribution in [3.8, 4) is 0 Å². The molecule has 0 spiro atoms. The van der Waals surface area contributed by atoms with E-state index >= 15 is 0 Å². The van der Waals surface area contributed by atoms with E-state index in [1.54, 1.807) is 6.07 Å². The first-order valence-corrected chi connectivity index (χ1v) is 8.29. The van der Waals surface area contributed by atoms with Gasteiger partial charge in [0, 0.05) is 17.8 Å². The highest BCUT2D eigenvalue weighted by Crippen LogP contribution is 2.16. The number of amides is 1. The fourth-order valence-corrected chi connectivity index (χ4v) is 2.50. The van der Waals surface area contributed by atoms with Gasteiger partial charge in [0.15, 0.2) is 0 Å². The van der Waals surface area contributed by atoms with Gasteiger partial charge in [-0.1, -0.05) is 51.9 Å². The summed E-state index contributed by atoms with van der Waals surface area (Å²) < 4.78 is 0. The summed E-state index contributed by atoms with van der Waals surface area (Å²) >= 11 is 0. The molecule has 1 amide bonds. The Morgan fingerprint density at radius 2 is 1.67 bits per heavy atom. The standard InChI is InChI=1S/C18H30N2O/c1-3-4-5-6-7-8-9-10-13-20-17-12-11-16(18(19)21)14-15(17)2/h11-12,14,20H,3-10,13H2,1-2H3,(H2,19,21). The second kappa shape index (κ2) is 10.3. The maximum atomic E-state index is 11.1. The van der Waals surface area contributed by atoms with Gasteiger partial charge in [-0.2, -0.15) is 0 Å². The van der Waals surface area contributed by atoms with Crippen molar-refractivity contribution in [2.24, 2.45) is 5.73 Å². The molecule has 3 N–H and O–H groups in total. The third-order valence-electron chi connectivity index (χ3n) is 3.86. The molecule has 0 bridgehead atoms. The first-order chi connectivity index (χ1) is 10.1. The van der Waals surface area contributed by atoms with Crippen molar-refractivity contribution in [1.82, 2.24) is 0 Å². The number of benzene rings is 1. The van der Waals surface area contributed by atoms with E-state index in [0.29, 0.717) is 5.56 Å². The Kier molecular flexibility index (Phi) is 8.56. The second-order valence-electron chi connectivity index (χ2n) is 5.80. The minimum absolute atomic E-state index is 0.368. The number of rotatable bonds is 11. The van der Waals surface area contributed by atoms with Crippen LogP contribution in [0.4, 0.5) is 5.69 Å². The summed E-state index contributed by atoms with van der Waals surface area (Å²) in [6.45, 7) is 5.25. The van der Waals surface area contributed by atoms with Gasteiger partial charge in [-0.15, -0.1) is 0 Å². The number of hydrogen-bond acceptors (Lipinski definition) is 2. The molecular weight excluding hydrogens is 260 g/mol. The maximum absolute atomic E-state index is 11.1. The van der Waals surface area contributed by atoms with E-state index in [9.17, 15) is 4.79 Å². The number of nitrogens with two attached hydrogens (primary N) is 1. The summed E-state index contributed by atoms with van der Waals surface area (Å²) in [5.74, 6) is -0.368. The van der Waals surface area contributed by atoms with Crippen LogP contribution < -0.4 is 11.1 Å². The first kappa shape index (κ1) is 17.5. The molecule has 1 aromatic carbocycles. The number of hydrogen-bond donors (Lipinski definition) is 2. The number of unbranched alkanes of at least 4 members (excludes halogenated alkanes) is 7. The van der Waals surface area contributed by atoms with Crippen LogP contribution in [0.2, 0.25) is 0 Å². The van der Waals surface area contributed by atoms with Crippen LogP contribution >= 0.6 is 0 Å². The minimum Gasteiger partial charge on any atom is -0.385 e. The lowest BCUT2D eigenvalue weighted by Crippen LogP contribution is -2.11. The van der Waals surface area contributed by atoms with Crippen LogP contribution in [0.3, 0.4) is 0 Å². The summed E-state index contributed by atoms with van der Waals surface area (Å²) in [6, 6.07) is 5.57. The van der Waals surface area contributed by atoms with Crippen molar-refractivity contribution in [1.29, 1.82) is 0 Å². The smallest absolute Gasteiger partial charge is 0.248 e. The van der Waals surface area contributed by atoms with E-state index in [1.807, 2.05) is 19.1 Å². The van der Waals surface area contributed by atoms with Crippen LogP contribution in [0.15, 0.2) is 18.2 Å². The molecule has 0 atom stereocenters. The van der Waals surface area contributed by atoms with Crippen LogP contribution in [-0.4, -0.2) is 12.5 Å². The largest absolute Gasteiger partial charge is 0.385 e. The quantitative estimate of drug-likeness (QED) is 0.583. The zero-order chi connectivity index (χ0) is 15.5. The molecule has 0 fully saturated rings. The van der Waals surface area contributed by atoms with Crippen LogP contribution in [0.1, 0.15) is 74.2 Å². The van der Waals surface area contributed by atoms with Gasteiger partial charge < -0.3 is 11.1 Å². The van der Waals surface area contributed by atoms with Crippen molar-refractivity contribution in [3.63, 3.8) is 0 Å². The fraction of sp³-hybridized carbons (Fsp3) is 0.611. The fourth-order valence-electron chi connectivity index (χ4n) is 2.50. The molecule has 0 unspecified atom stereocenters. The Morgan fingerprint density at radius 3 is 2.24 bits per heavy atom. The molecule has 3 nitrogen and oxygen atoms in total. The lowest BCUT2D eigenvalue weighted by atomic mass is 10.1. The molecule has 0 aliphatic carbocycles. The van der Waals surface area contributed by atoms with Gasteiger partial charge in [0.2, 0.25) is 5.91 Å². The maximum Gasteiger partial charge on any atom is 0.248 e. The highest BCUT2D eigenvalue weighted by molar-refractivity contribution is 5.93. The molecule has 21 heavy (non-hydrogen) atoms. The Bertz CT molecular complexity index is 429. The number of anilines is 1. The first-order valence-electron chi connectivity index (χ1n) is 8.29. The van der Waals surface area contributed by atoms with Gasteiger partial charge >= 0.3 is 0 Å². The number of carbonyl (C=O) groups is 1. The highest BCUT2D eigenvalue weighted by atomic mass is 16.1. The Morgan fingerprint density at radius 1 is 1.05 bits per heavy atom. The van der Waals surface area contributed by atoms with Crippen LogP contribution in [0.5, 0.6) is 0 Å². The topological polar surface area (TPSA) is 55.1 Å². The van der Waals surface area contributed by atoms with Gasteiger partial charge in [0.05, 0.1) is 0 Å². The predicted molar refractivity (Wildman–Crippen MR) is 90.8 cm³/mol. The normalized spacial score (nSPS) is 10.6. The third-order valence-corrected chi connectivity index (χ3v) is 3.86. The van der Waals surface area contributed by atoms with Crippen LogP contribution in [0.25, 0.3) is 0 Å². The molecule has 0 aromatic heterocycles. The summed E-state index contributed by atoms with van der Waals surface area (Å²) in [4.78, 5) is 11.1. The minimum atomic E-state index is -0.368. The Balaban J connectivity index is 2.14. The molecule has 1 aromatic rings. The Labute approximate surface area is 129 Å². The van der Waals surface area contributed by atoms with E-state index in [4.69, 9.17) is 5.73 Å². The van der Waals surface area contributed by atoms with Crippen molar-refractivity contribution in [2.45, 2.75) is 65.2 Å². The number of nitrogens with one attached hydrogen (secondary N) is 1. The SMILES string of the molecule is CCCCCCCCCCNc1ccc(C(N)=O)cc1C. The molecule has 0 radical (unpaired) electrons. The average molecular weight is 290 g/mol. The summed E-state index contributed by atoms with van der Waals surface area (Å²) in [7, 11) is 0. The molecule has 1 rings (SSSR count). The highest BCUT2D eigenvalue weighted by Gasteiger charge is 2.03. The third kappa shape index (κ3) is 7.16. The predicted octanol–water partition coefficient (Wildman–Crippen LogP) is 4.65. The van der Waals surface area contributed by atoms with E-state index in [0.717, 1.165) is 17.8 Å². The number of carbonyl (C=O) groups excluding carboxylic acids is 1. The molecule has 0 saturated heterocycles. The van der Waals surface area contributed by atoms with Crippen molar-refractivity contribution in [3.05, 3.63) is 29.3 Å². The number of aryl methyl sites for hydroxylation is 1. The van der Waals surface area contributed by atoms with Gasteiger partial charge in [0.25, 0.3) is 0 Å². The van der Waals surface area contributed by atoms with Crippen LogP contribution in [-0.2, 0) is 0 Å². The van der Waals surface area contributed by atoms with Crippen molar-refractivity contribution >= 4 is 11.6 Å². The number of primary amides is 1. The summed E-state index contributed by atoms with van der Waals surface area (Å²) in [5.41, 5.74) is 8.02. The molecular formula is C18H30N2O. The van der Waals surface area contributed by atoms with Gasteiger partial charge in [-0.3, -0.25) is 4.79 Å². The monoisotopic (exact) mass is 290 g/mol. The van der Waals surface area contributed by atoms with E-state index < -0.39 is 0 Å². The molecule has 0 saturated carbocycles. The van der Waals surface area contributed by atoms with Gasteiger partial charge in [-0.25, -0.2) is 0 Å². The zero-order valence-corrected chi connectivity index (χ0v) is 13.6. The summed E-state index contributed by atoms with van der Waals surface area (Å²) in [5, 5.41) is 3.44. The van der Waals surface area contributed by atoms with Gasteiger partial charge in [0.1, 0.15) is 0 Å². The van der Waals surface area contributed by atoms with Crippen molar-refractivity contribution < 1.29 is 4.79 Å². The van der Waals surface area contributed by atoms with E-state index in [2.05, 4.69) is 12.2 Å². The molecule has 3 heteroatoms. The van der Waals surface area contributed by atoms with Crippen LogP contribution in [0, 0.1) is 6.92 Å². The summed E-state index contributed by atoms with van der Waals surface area (Å²) in [6.07, 6.45) is 10.7. The molecule has 118 valence electrons. The van der Waals surface area contributed by atoms with Gasteiger partial charge in [-0.05, 0) is 37.1 Å². The van der Waals surface area contributed by atoms with Crippen molar-refractivity contribution in [2.75, 3.05) is 11.9 Å². The van der Waals surface area contributed by atoms with E-state index in [-0.39, 0.29) is 5.91 Å². The lowest BCUT2D eigenvalue weighted by molar-refractivity contribution is 0.1000. The molecule has 0 aliphatic rings. The Hall–Kier alpha value is -1.51. The zero-order valence-electron chi connectivity index (χ0n) is 13.6. The van der Waals surface area contributed by atoms with E-state index in [1.165, 1.54) is 51.4 Å². The average Bonchev–Trinajstić information content (AvgIpc) is 2.46. The molecule has 0 aliphatic heterocycles.